The van der Waals surface area contributed by atoms with Gasteiger partial charge in [-0.3, -0.25) is 9.79 Å². The molecule has 1 saturated heterocycles. The minimum Gasteiger partial charge on any atom is -0.368 e. The summed E-state index contributed by atoms with van der Waals surface area (Å²) in [5.74, 6) is 0.819. The number of nitrogens with zero attached hydrogens (tertiary/aromatic N) is 2. The standard InChI is InChI=1S/C19H30N4O2.HI/c1-4-5-11-23(3)19(20-2)21-14-15-8-6-9-16(13-15)22-18(24)17-10-7-12-25-17;/h6,8-9,13,17H,4-5,7,10-12,14H2,1-3H3,(H,20,21)(H,22,24);1H. The minimum absolute atomic E-state index is 0. The van der Waals surface area contributed by atoms with Gasteiger partial charge in [-0.25, -0.2) is 0 Å². The normalized spacial score (nSPS) is 16.7. The predicted octanol–water partition coefficient (Wildman–Crippen LogP) is 3.23. The summed E-state index contributed by atoms with van der Waals surface area (Å²) < 4.78 is 5.42. The Morgan fingerprint density at radius 3 is 2.88 bits per heavy atom. The Morgan fingerprint density at radius 1 is 1.42 bits per heavy atom. The topological polar surface area (TPSA) is 66.0 Å². The maximum atomic E-state index is 12.2. The molecule has 0 saturated carbocycles. The molecule has 1 aromatic carbocycles. The van der Waals surface area contributed by atoms with Gasteiger partial charge >= 0.3 is 0 Å². The third kappa shape index (κ3) is 7.11. The van der Waals surface area contributed by atoms with Crippen molar-refractivity contribution >= 4 is 41.5 Å². The molecule has 26 heavy (non-hydrogen) atoms. The summed E-state index contributed by atoms with van der Waals surface area (Å²) in [5, 5.41) is 6.31. The van der Waals surface area contributed by atoms with Crippen molar-refractivity contribution in [2.45, 2.75) is 45.3 Å². The minimum atomic E-state index is -0.312. The lowest BCUT2D eigenvalue weighted by Gasteiger charge is -2.22. The molecule has 1 aromatic rings. The number of hydrogen-bond donors (Lipinski definition) is 2. The molecule has 0 aromatic heterocycles. The van der Waals surface area contributed by atoms with E-state index in [4.69, 9.17) is 4.74 Å². The molecule has 7 heteroatoms. The average molecular weight is 474 g/mol. The molecule has 1 atom stereocenters. The van der Waals surface area contributed by atoms with Crippen molar-refractivity contribution in [1.29, 1.82) is 0 Å². The van der Waals surface area contributed by atoms with E-state index < -0.39 is 0 Å². The highest BCUT2D eigenvalue weighted by Crippen LogP contribution is 2.16. The zero-order valence-electron chi connectivity index (χ0n) is 16.0. The van der Waals surface area contributed by atoms with Gasteiger partial charge in [0.1, 0.15) is 6.10 Å². The zero-order valence-corrected chi connectivity index (χ0v) is 18.3. The van der Waals surface area contributed by atoms with E-state index in [1.807, 2.05) is 31.3 Å². The van der Waals surface area contributed by atoms with Crippen LogP contribution in [0.5, 0.6) is 0 Å². The number of amides is 1. The van der Waals surface area contributed by atoms with Gasteiger partial charge in [-0.2, -0.15) is 0 Å². The van der Waals surface area contributed by atoms with Crippen LogP contribution in [0.15, 0.2) is 29.3 Å². The van der Waals surface area contributed by atoms with Crippen molar-refractivity contribution in [1.82, 2.24) is 10.2 Å². The lowest BCUT2D eigenvalue weighted by Crippen LogP contribution is -2.38. The molecule has 6 nitrogen and oxygen atoms in total. The number of benzene rings is 1. The molecule has 1 amide bonds. The fourth-order valence-corrected chi connectivity index (χ4v) is 2.83. The molecule has 146 valence electrons. The second kappa shape index (κ2) is 12.1. The van der Waals surface area contributed by atoms with Crippen LogP contribution in [0.3, 0.4) is 0 Å². The Balaban J connectivity index is 0.00000338. The molecular weight excluding hydrogens is 443 g/mol. The first-order valence-corrected chi connectivity index (χ1v) is 9.07. The SMILES string of the molecule is CCCCN(C)C(=NC)NCc1cccc(NC(=O)C2CCCO2)c1.I. The van der Waals surface area contributed by atoms with E-state index in [1.165, 1.54) is 0 Å². The molecule has 0 spiro atoms. The lowest BCUT2D eigenvalue weighted by molar-refractivity contribution is -0.124. The molecule has 1 aliphatic rings. The first kappa shape index (κ1) is 22.7. The summed E-state index contributed by atoms with van der Waals surface area (Å²) >= 11 is 0. The quantitative estimate of drug-likeness (QED) is 0.362. The second-order valence-electron chi connectivity index (χ2n) is 6.37. The molecule has 1 unspecified atom stereocenters. The first-order chi connectivity index (χ1) is 12.1. The van der Waals surface area contributed by atoms with Crippen LogP contribution in [0.2, 0.25) is 0 Å². The Hall–Kier alpha value is -1.35. The number of anilines is 1. The van der Waals surface area contributed by atoms with Crippen LogP contribution in [-0.2, 0) is 16.1 Å². The van der Waals surface area contributed by atoms with Crippen LogP contribution in [0, 0.1) is 0 Å². The number of ether oxygens (including phenoxy) is 1. The molecule has 1 heterocycles. The number of rotatable bonds is 7. The van der Waals surface area contributed by atoms with Gasteiger partial charge in [-0.1, -0.05) is 25.5 Å². The van der Waals surface area contributed by atoms with Gasteiger partial charge < -0.3 is 20.3 Å². The summed E-state index contributed by atoms with van der Waals surface area (Å²) in [6.45, 7) is 4.49. The molecule has 1 fully saturated rings. The average Bonchev–Trinajstić information content (AvgIpc) is 3.15. The fraction of sp³-hybridized carbons (Fsp3) is 0.579. The van der Waals surface area contributed by atoms with Gasteiger partial charge in [-0.05, 0) is 37.0 Å². The van der Waals surface area contributed by atoms with E-state index in [0.29, 0.717) is 13.2 Å². The Bertz CT molecular complexity index is 589. The van der Waals surface area contributed by atoms with E-state index in [0.717, 1.165) is 49.4 Å². The number of halogens is 1. The Morgan fingerprint density at radius 2 is 2.23 bits per heavy atom. The van der Waals surface area contributed by atoms with E-state index in [9.17, 15) is 4.79 Å². The molecule has 0 radical (unpaired) electrons. The van der Waals surface area contributed by atoms with Gasteiger partial charge in [0.2, 0.25) is 0 Å². The van der Waals surface area contributed by atoms with Gasteiger partial charge in [0.15, 0.2) is 5.96 Å². The van der Waals surface area contributed by atoms with Crippen molar-refractivity contribution in [3.8, 4) is 0 Å². The number of carbonyl (C=O) groups excluding carboxylic acids is 1. The number of hydrogen-bond acceptors (Lipinski definition) is 3. The van der Waals surface area contributed by atoms with Gasteiger partial charge in [0.25, 0.3) is 5.91 Å². The van der Waals surface area contributed by atoms with E-state index in [1.54, 1.807) is 7.05 Å². The predicted molar refractivity (Wildman–Crippen MR) is 117 cm³/mol. The number of unbranched alkanes of at least 4 members (excludes halogenated alkanes) is 1. The highest BCUT2D eigenvalue weighted by atomic mass is 127. The van der Waals surface area contributed by atoms with Crippen molar-refractivity contribution in [2.24, 2.45) is 4.99 Å². The van der Waals surface area contributed by atoms with Crippen LogP contribution in [0.4, 0.5) is 5.69 Å². The Labute approximate surface area is 173 Å². The van der Waals surface area contributed by atoms with Crippen LogP contribution < -0.4 is 10.6 Å². The summed E-state index contributed by atoms with van der Waals surface area (Å²) in [6.07, 6.45) is 3.74. The zero-order chi connectivity index (χ0) is 18.1. The highest BCUT2D eigenvalue weighted by Gasteiger charge is 2.23. The van der Waals surface area contributed by atoms with Crippen LogP contribution in [-0.4, -0.2) is 50.1 Å². The van der Waals surface area contributed by atoms with E-state index in [-0.39, 0.29) is 36.0 Å². The summed E-state index contributed by atoms with van der Waals surface area (Å²) in [4.78, 5) is 18.6. The fourth-order valence-electron chi connectivity index (χ4n) is 2.83. The molecule has 2 rings (SSSR count). The number of guanidine groups is 1. The summed E-state index contributed by atoms with van der Waals surface area (Å²) in [5.41, 5.74) is 1.89. The molecule has 2 N–H and O–H groups in total. The van der Waals surface area contributed by atoms with Crippen LogP contribution in [0.25, 0.3) is 0 Å². The van der Waals surface area contributed by atoms with Crippen LogP contribution >= 0.6 is 24.0 Å². The molecule has 0 bridgehead atoms. The number of aliphatic imine (C=N–C) groups is 1. The van der Waals surface area contributed by atoms with Gasteiger partial charge in [0.05, 0.1) is 0 Å². The van der Waals surface area contributed by atoms with E-state index >= 15 is 0 Å². The lowest BCUT2D eigenvalue weighted by atomic mass is 10.2. The molecule has 0 aliphatic carbocycles. The molecular formula is C19H31IN4O2. The van der Waals surface area contributed by atoms with Crippen LogP contribution in [0.1, 0.15) is 38.2 Å². The number of nitrogens with one attached hydrogen (secondary N) is 2. The van der Waals surface area contributed by atoms with Crippen molar-refractivity contribution in [3.63, 3.8) is 0 Å². The summed E-state index contributed by atoms with van der Waals surface area (Å²) in [6, 6.07) is 7.87. The van der Waals surface area contributed by atoms with Gasteiger partial charge in [-0.15, -0.1) is 24.0 Å². The van der Waals surface area contributed by atoms with Crippen molar-refractivity contribution in [3.05, 3.63) is 29.8 Å². The number of carbonyl (C=O) groups is 1. The maximum absolute atomic E-state index is 12.2. The van der Waals surface area contributed by atoms with Gasteiger partial charge in [0, 0.05) is 39.5 Å². The Kier molecular flexibility index (Phi) is 10.6. The third-order valence-electron chi connectivity index (χ3n) is 4.29. The maximum Gasteiger partial charge on any atom is 0.253 e. The molecule has 1 aliphatic heterocycles. The summed E-state index contributed by atoms with van der Waals surface area (Å²) in [7, 11) is 3.84. The van der Waals surface area contributed by atoms with Crippen molar-refractivity contribution < 1.29 is 9.53 Å². The van der Waals surface area contributed by atoms with Crippen molar-refractivity contribution in [2.75, 3.05) is 32.6 Å². The largest absolute Gasteiger partial charge is 0.368 e. The highest BCUT2D eigenvalue weighted by molar-refractivity contribution is 14.0. The second-order valence-corrected chi connectivity index (χ2v) is 6.37. The monoisotopic (exact) mass is 474 g/mol. The van der Waals surface area contributed by atoms with E-state index in [2.05, 4.69) is 27.4 Å². The third-order valence-corrected chi connectivity index (χ3v) is 4.29. The first-order valence-electron chi connectivity index (χ1n) is 9.07. The smallest absolute Gasteiger partial charge is 0.253 e.